The number of sulfonamides is 1. The Bertz CT molecular complexity index is 763. The highest BCUT2D eigenvalue weighted by Gasteiger charge is 2.24. The zero-order chi connectivity index (χ0) is 16.4. The number of hydrogen-bond acceptors (Lipinski definition) is 6. The molecule has 0 bridgehead atoms. The number of hydrogen-bond donors (Lipinski definition) is 1. The molecule has 0 amide bonds. The number of anilines is 1. The Morgan fingerprint density at radius 2 is 1.91 bits per heavy atom. The Kier molecular flexibility index (Phi) is 4.31. The highest BCUT2D eigenvalue weighted by atomic mass is 32.2. The third kappa shape index (κ3) is 3.85. The molecule has 1 fully saturated rings. The van der Waals surface area contributed by atoms with Crippen molar-refractivity contribution in [3.63, 3.8) is 0 Å². The van der Waals surface area contributed by atoms with Crippen molar-refractivity contribution in [1.82, 2.24) is 24.3 Å². The molecule has 1 aliphatic rings. The molecule has 8 nitrogen and oxygen atoms in total. The molecular formula is C14H20N6O2S. The third-order valence-electron chi connectivity index (χ3n) is 3.88. The second-order valence-electron chi connectivity index (χ2n) is 5.76. The molecule has 9 heteroatoms. The monoisotopic (exact) mass is 336 g/mol. The molecule has 0 saturated carbocycles. The van der Waals surface area contributed by atoms with Crippen molar-refractivity contribution in [1.29, 1.82) is 0 Å². The van der Waals surface area contributed by atoms with Crippen LogP contribution >= 0.6 is 0 Å². The van der Waals surface area contributed by atoms with Crippen molar-refractivity contribution < 1.29 is 8.42 Å². The smallest absolute Gasteiger partial charge is 0.211 e. The zero-order valence-corrected chi connectivity index (χ0v) is 14.0. The van der Waals surface area contributed by atoms with Gasteiger partial charge in [-0.3, -0.25) is 0 Å². The first-order valence-corrected chi connectivity index (χ1v) is 9.35. The summed E-state index contributed by atoms with van der Waals surface area (Å²) in [4.78, 5) is 0. The van der Waals surface area contributed by atoms with Gasteiger partial charge in [-0.1, -0.05) is 0 Å². The van der Waals surface area contributed by atoms with Gasteiger partial charge in [0.1, 0.15) is 5.82 Å². The Morgan fingerprint density at radius 3 is 2.43 bits per heavy atom. The molecule has 0 spiro atoms. The third-order valence-corrected chi connectivity index (χ3v) is 5.19. The normalized spacial score (nSPS) is 17.3. The first-order chi connectivity index (χ1) is 10.9. The largest absolute Gasteiger partial charge is 0.366 e. The highest BCUT2D eigenvalue weighted by molar-refractivity contribution is 7.88. The van der Waals surface area contributed by atoms with E-state index in [2.05, 4.69) is 20.6 Å². The van der Waals surface area contributed by atoms with Crippen molar-refractivity contribution in [2.24, 2.45) is 0 Å². The van der Waals surface area contributed by atoms with Gasteiger partial charge < -0.3 is 5.32 Å². The van der Waals surface area contributed by atoms with Gasteiger partial charge in [0.15, 0.2) is 5.82 Å². The van der Waals surface area contributed by atoms with Crippen molar-refractivity contribution in [2.75, 3.05) is 24.7 Å². The van der Waals surface area contributed by atoms with Crippen LogP contribution in [0.4, 0.5) is 5.82 Å². The Balaban J connectivity index is 1.59. The van der Waals surface area contributed by atoms with Gasteiger partial charge in [0.05, 0.1) is 11.9 Å². The van der Waals surface area contributed by atoms with Crippen molar-refractivity contribution >= 4 is 15.8 Å². The van der Waals surface area contributed by atoms with Crippen LogP contribution in [0, 0.1) is 6.92 Å². The number of piperidine rings is 1. The Labute approximate surface area is 135 Å². The molecular weight excluding hydrogens is 316 g/mol. The molecule has 3 heterocycles. The van der Waals surface area contributed by atoms with Gasteiger partial charge in [0.25, 0.3) is 0 Å². The van der Waals surface area contributed by atoms with E-state index in [4.69, 9.17) is 0 Å². The summed E-state index contributed by atoms with van der Waals surface area (Å²) in [5, 5.41) is 15.9. The first-order valence-electron chi connectivity index (χ1n) is 7.50. The van der Waals surface area contributed by atoms with E-state index in [1.807, 2.05) is 31.3 Å². The standard InChI is InChI=1S/C14H20N6O2S/c1-11-5-10-20(18-11)14-4-3-13(16-17-14)15-12-6-8-19(9-7-12)23(2,21)22/h3-5,10,12H,6-9H2,1-2H3,(H,15,16). The van der Waals surface area contributed by atoms with E-state index in [1.54, 1.807) is 4.68 Å². The summed E-state index contributed by atoms with van der Waals surface area (Å²) in [7, 11) is -3.09. The Hall–Kier alpha value is -2.00. The summed E-state index contributed by atoms with van der Waals surface area (Å²) in [5.74, 6) is 1.35. The van der Waals surface area contributed by atoms with Crippen LogP contribution in [0.25, 0.3) is 5.82 Å². The molecule has 124 valence electrons. The van der Waals surface area contributed by atoms with Crippen molar-refractivity contribution in [3.8, 4) is 5.82 Å². The van der Waals surface area contributed by atoms with Crippen LogP contribution in [0.5, 0.6) is 0 Å². The molecule has 23 heavy (non-hydrogen) atoms. The maximum Gasteiger partial charge on any atom is 0.211 e. The molecule has 0 radical (unpaired) electrons. The van der Waals surface area contributed by atoms with Gasteiger partial charge in [-0.2, -0.15) is 5.10 Å². The minimum absolute atomic E-state index is 0.208. The van der Waals surface area contributed by atoms with E-state index in [1.165, 1.54) is 10.6 Å². The fraction of sp³-hybridized carbons (Fsp3) is 0.500. The van der Waals surface area contributed by atoms with Crippen LogP contribution in [0.2, 0.25) is 0 Å². The van der Waals surface area contributed by atoms with Crippen LogP contribution in [0.1, 0.15) is 18.5 Å². The fourth-order valence-electron chi connectivity index (χ4n) is 2.61. The van der Waals surface area contributed by atoms with E-state index in [-0.39, 0.29) is 6.04 Å². The molecule has 1 saturated heterocycles. The van der Waals surface area contributed by atoms with Crippen LogP contribution in [-0.4, -0.2) is 58.1 Å². The molecule has 1 aliphatic heterocycles. The van der Waals surface area contributed by atoms with Crippen LogP contribution in [-0.2, 0) is 10.0 Å². The van der Waals surface area contributed by atoms with Gasteiger partial charge in [-0.15, -0.1) is 10.2 Å². The zero-order valence-electron chi connectivity index (χ0n) is 13.2. The number of nitrogens with one attached hydrogen (secondary N) is 1. The number of aryl methyl sites for hydroxylation is 1. The second-order valence-corrected chi connectivity index (χ2v) is 7.74. The molecule has 0 aromatic carbocycles. The van der Waals surface area contributed by atoms with Gasteiger partial charge in [0.2, 0.25) is 10.0 Å². The first kappa shape index (κ1) is 15.9. The van der Waals surface area contributed by atoms with Crippen molar-refractivity contribution in [2.45, 2.75) is 25.8 Å². The molecule has 1 N–H and O–H groups in total. The van der Waals surface area contributed by atoms with E-state index < -0.39 is 10.0 Å². The quantitative estimate of drug-likeness (QED) is 0.888. The average molecular weight is 336 g/mol. The predicted molar refractivity (Wildman–Crippen MR) is 87.0 cm³/mol. The van der Waals surface area contributed by atoms with Gasteiger partial charge >= 0.3 is 0 Å². The van der Waals surface area contributed by atoms with Crippen LogP contribution in [0.15, 0.2) is 24.4 Å². The van der Waals surface area contributed by atoms with E-state index in [0.29, 0.717) is 24.7 Å². The molecule has 2 aromatic heterocycles. The van der Waals surface area contributed by atoms with Gasteiger partial charge in [0, 0.05) is 25.3 Å². The van der Waals surface area contributed by atoms with E-state index >= 15 is 0 Å². The number of nitrogens with zero attached hydrogens (tertiary/aromatic N) is 5. The molecule has 2 aromatic rings. The Morgan fingerprint density at radius 1 is 1.17 bits per heavy atom. The fourth-order valence-corrected chi connectivity index (χ4v) is 3.48. The summed E-state index contributed by atoms with van der Waals surface area (Å²) < 4.78 is 26.2. The molecule has 0 atom stereocenters. The lowest BCUT2D eigenvalue weighted by Crippen LogP contribution is -2.41. The van der Waals surface area contributed by atoms with Crippen molar-refractivity contribution in [3.05, 3.63) is 30.1 Å². The van der Waals surface area contributed by atoms with Crippen LogP contribution < -0.4 is 5.32 Å². The average Bonchev–Trinajstić information content (AvgIpc) is 2.94. The minimum atomic E-state index is -3.09. The second kappa shape index (κ2) is 6.25. The summed E-state index contributed by atoms with van der Waals surface area (Å²) in [6.07, 6.45) is 4.61. The lowest BCUT2D eigenvalue weighted by atomic mass is 10.1. The number of aromatic nitrogens is 4. The molecule has 3 rings (SSSR count). The van der Waals surface area contributed by atoms with E-state index in [0.717, 1.165) is 18.5 Å². The summed E-state index contributed by atoms with van der Waals surface area (Å²) in [6, 6.07) is 5.83. The maximum atomic E-state index is 11.5. The highest BCUT2D eigenvalue weighted by Crippen LogP contribution is 2.17. The summed E-state index contributed by atoms with van der Waals surface area (Å²) in [6.45, 7) is 2.99. The lowest BCUT2D eigenvalue weighted by molar-refractivity contribution is 0.331. The van der Waals surface area contributed by atoms with E-state index in [9.17, 15) is 8.42 Å². The minimum Gasteiger partial charge on any atom is -0.366 e. The van der Waals surface area contributed by atoms with Crippen LogP contribution in [0.3, 0.4) is 0 Å². The van der Waals surface area contributed by atoms with Gasteiger partial charge in [-0.25, -0.2) is 17.4 Å². The maximum absolute atomic E-state index is 11.5. The molecule has 0 unspecified atom stereocenters. The predicted octanol–water partition coefficient (Wildman–Crippen LogP) is 0.807. The number of rotatable bonds is 4. The topological polar surface area (TPSA) is 93.0 Å². The molecule has 0 aliphatic carbocycles. The van der Waals surface area contributed by atoms with Gasteiger partial charge in [-0.05, 0) is 38.0 Å². The SMILES string of the molecule is Cc1ccn(-c2ccc(NC3CCN(S(C)(=O)=O)CC3)nn2)n1. The lowest BCUT2D eigenvalue weighted by Gasteiger charge is -2.30. The summed E-state index contributed by atoms with van der Waals surface area (Å²) >= 11 is 0. The summed E-state index contributed by atoms with van der Waals surface area (Å²) in [5.41, 5.74) is 0.923.